The van der Waals surface area contributed by atoms with Crippen molar-refractivity contribution in [2.45, 2.75) is 34.5 Å². The zero-order chi connectivity index (χ0) is 18.6. The molecule has 0 bridgehead atoms. The Bertz CT molecular complexity index is 717. The van der Waals surface area contributed by atoms with E-state index in [0.717, 1.165) is 0 Å². The van der Waals surface area contributed by atoms with Gasteiger partial charge in [-0.15, -0.1) is 0 Å². The van der Waals surface area contributed by atoms with Gasteiger partial charge in [0.25, 0.3) is 4.95 Å². The van der Waals surface area contributed by atoms with Crippen molar-refractivity contribution in [3.05, 3.63) is 45.0 Å². The number of aliphatic hydroxyl groups excluding tert-OH is 1. The van der Waals surface area contributed by atoms with Crippen LogP contribution in [0, 0.1) is 10.1 Å². The Morgan fingerprint density at radius 2 is 1.96 bits per heavy atom. The molecule has 6 atom stereocenters. The summed E-state index contributed by atoms with van der Waals surface area (Å²) in [7, 11) is 0. The second-order valence-electron chi connectivity index (χ2n) is 5.85. The quantitative estimate of drug-likeness (QED) is 0.199. The van der Waals surface area contributed by atoms with Gasteiger partial charge in [0.1, 0.15) is 12.0 Å². The van der Waals surface area contributed by atoms with Crippen LogP contribution in [0.3, 0.4) is 0 Å². The number of aliphatic hydroxyl groups is 3. The summed E-state index contributed by atoms with van der Waals surface area (Å²) in [5.74, 6) is -5.56. The van der Waals surface area contributed by atoms with Crippen LogP contribution in [-0.4, -0.2) is 61.4 Å². The molecule has 0 saturated carbocycles. The molecule has 1 aromatic rings. The van der Waals surface area contributed by atoms with E-state index < -0.39 is 52.0 Å². The van der Waals surface area contributed by atoms with Gasteiger partial charge >= 0.3 is 5.97 Å². The molecule has 11 heteroatoms. The lowest BCUT2D eigenvalue weighted by Gasteiger charge is -2.37. The number of nitrogens with zero attached hydrogens (tertiary/aromatic N) is 1. The first-order valence-corrected chi connectivity index (χ1v) is 8.43. The lowest BCUT2D eigenvalue weighted by molar-refractivity contribution is -0.502. The first-order valence-electron chi connectivity index (χ1n) is 7.14. The molecule has 1 aromatic carbocycles. The summed E-state index contributed by atoms with van der Waals surface area (Å²) in [6.45, 7) is -0.407. The molecule has 2 heterocycles. The first-order chi connectivity index (χ1) is 11.6. The van der Waals surface area contributed by atoms with Crippen LogP contribution in [0.4, 0.5) is 0 Å². The highest BCUT2D eigenvalue weighted by Gasteiger charge is 2.77. The van der Waals surface area contributed by atoms with E-state index in [9.17, 15) is 30.2 Å². The average Bonchev–Trinajstić information content (AvgIpc) is 2.95. The van der Waals surface area contributed by atoms with E-state index in [4.69, 9.17) is 21.1 Å². The molecule has 3 rings (SSSR count). The second-order valence-corrected chi connectivity index (χ2v) is 7.23. The van der Waals surface area contributed by atoms with Gasteiger partial charge in [0.05, 0.1) is 6.61 Å². The summed E-state index contributed by atoms with van der Waals surface area (Å²) in [4.78, 5) is 21.3. The predicted molar refractivity (Wildman–Crippen MR) is 85.6 cm³/mol. The molecule has 0 aliphatic carbocycles. The van der Waals surface area contributed by atoms with Crippen molar-refractivity contribution in [2.75, 3.05) is 6.61 Å². The van der Waals surface area contributed by atoms with Crippen molar-refractivity contribution in [3.8, 4) is 0 Å². The number of nitro groups is 1. The SMILES string of the molecule is O=C1O[C@@H]2[C@@H](O)CO[C@]2(O)[C@@]1(O)C(c1ccc(Cl)cc1)C(Br)[N+](=O)[O-]. The number of carbonyl (C=O) groups is 1. The molecular formula is C14H13BrClNO8. The zero-order valence-corrected chi connectivity index (χ0v) is 14.8. The summed E-state index contributed by atoms with van der Waals surface area (Å²) in [6, 6.07) is 5.58. The minimum atomic E-state index is -2.83. The molecule has 2 saturated heterocycles. The maximum Gasteiger partial charge on any atom is 0.345 e. The van der Waals surface area contributed by atoms with E-state index in [1.807, 2.05) is 0 Å². The fourth-order valence-corrected chi connectivity index (χ4v) is 4.03. The standard InChI is InChI=1S/C14H13BrClNO8/c15-11(17(22)23)9(6-1-3-7(16)4-2-6)13(20)12(19)25-10-8(18)5-24-14(10,13)21/h1-4,8-11,18,20-21H,5H2/t8-,9?,10+,11?,13+,14-/m0/s1. The Kier molecular flexibility index (Phi) is 4.55. The molecule has 0 radical (unpaired) electrons. The fourth-order valence-electron chi connectivity index (χ4n) is 3.22. The number of benzene rings is 1. The monoisotopic (exact) mass is 437 g/mol. The number of carbonyl (C=O) groups excluding carboxylic acids is 1. The molecular weight excluding hydrogens is 426 g/mol. The predicted octanol–water partition coefficient (Wildman–Crippen LogP) is 0.158. The summed E-state index contributed by atoms with van der Waals surface area (Å²) in [5, 5.41) is 43.3. The Hall–Kier alpha value is -1.30. The number of hydrogen-bond donors (Lipinski definition) is 3. The number of fused-ring (bicyclic) bond motifs is 1. The van der Waals surface area contributed by atoms with E-state index in [-0.39, 0.29) is 5.56 Å². The first kappa shape index (κ1) is 18.5. The van der Waals surface area contributed by atoms with Crippen LogP contribution < -0.4 is 0 Å². The van der Waals surface area contributed by atoms with Crippen LogP contribution in [0.5, 0.6) is 0 Å². The summed E-state index contributed by atoms with van der Waals surface area (Å²) < 4.78 is 9.95. The zero-order valence-electron chi connectivity index (χ0n) is 12.4. The van der Waals surface area contributed by atoms with Crippen molar-refractivity contribution in [1.82, 2.24) is 0 Å². The molecule has 0 spiro atoms. The summed E-state index contributed by atoms with van der Waals surface area (Å²) >= 11 is 8.65. The molecule has 2 aliphatic heterocycles. The number of hydrogen-bond acceptors (Lipinski definition) is 8. The van der Waals surface area contributed by atoms with Crippen LogP contribution in [0.2, 0.25) is 5.02 Å². The van der Waals surface area contributed by atoms with E-state index in [1.165, 1.54) is 24.3 Å². The van der Waals surface area contributed by atoms with Gasteiger partial charge in [0.15, 0.2) is 6.10 Å². The number of halogens is 2. The third-order valence-corrected chi connectivity index (χ3v) is 5.57. The van der Waals surface area contributed by atoms with Gasteiger partial charge in [-0.3, -0.25) is 10.1 Å². The maximum atomic E-state index is 12.4. The van der Waals surface area contributed by atoms with Crippen molar-refractivity contribution in [2.24, 2.45) is 0 Å². The average molecular weight is 439 g/mol. The van der Waals surface area contributed by atoms with Crippen molar-refractivity contribution < 1.29 is 34.5 Å². The summed E-state index contributed by atoms with van der Waals surface area (Å²) in [6.07, 6.45) is -2.94. The van der Waals surface area contributed by atoms with Crippen molar-refractivity contribution in [1.29, 1.82) is 0 Å². The number of ether oxygens (including phenoxy) is 2. The van der Waals surface area contributed by atoms with Gasteiger partial charge < -0.3 is 24.8 Å². The summed E-state index contributed by atoms with van der Waals surface area (Å²) in [5.41, 5.74) is -2.69. The van der Waals surface area contributed by atoms with Gasteiger partial charge in [-0.2, -0.15) is 0 Å². The van der Waals surface area contributed by atoms with Crippen LogP contribution in [0.15, 0.2) is 24.3 Å². The van der Waals surface area contributed by atoms with Gasteiger partial charge in [-0.1, -0.05) is 23.7 Å². The third kappa shape index (κ3) is 2.56. The topological polar surface area (TPSA) is 139 Å². The second kappa shape index (κ2) is 6.15. The van der Waals surface area contributed by atoms with Gasteiger partial charge in [0, 0.05) is 9.95 Å². The van der Waals surface area contributed by atoms with E-state index in [0.29, 0.717) is 5.02 Å². The van der Waals surface area contributed by atoms with Crippen LogP contribution >= 0.6 is 27.5 Å². The smallest absolute Gasteiger partial charge is 0.345 e. The van der Waals surface area contributed by atoms with E-state index in [1.54, 1.807) is 0 Å². The minimum Gasteiger partial charge on any atom is -0.451 e. The molecule has 0 amide bonds. The van der Waals surface area contributed by atoms with Crippen LogP contribution in [0.25, 0.3) is 0 Å². The Morgan fingerprint density at radius 1 is 1.36 bits per heavy atom. The third-order valence-electron chi connectivity index (χ3n) is 4.46. The number of esters is 1. The lowest BCUT2D eigenvalue weighted by Crippen LogP contribution is -2.63. The molecule has 2 aliphatic rings. The highest BCUT2D eigenvalue weighted by atomic mass is 79.9. The Balaban J connectivity index is 2.16. The molecule has 9 nitrogen and oxygen atoms in total. The lowest BCUT2D eigenvalue weighted by atomic mass is 9.76. The number of rotatable bonds is 4. The molecule has 2 unspecified atom stereocenters. The van der Waals surface area contributed by atoms with Gasteiger partial charge in [0.2, 0.25) is 11.4 Å². The fraction of sp³-hybridized carbons (Fsp3) is 0.500. The van der Waals surface area contributed by atoms with Crippen molar-refractivity contribution in [3.63, 3.8) is 0 Å². The van der Waals surface area contributed by atoms with E-state index >= 15 is 0 Å². The highest BCUT2D eigenvalue weighted by Crippen LogP contribution is 2.52. The molecule has 136 valence electrons. The Morgan fingerprint density at radius 3 is 2.52 bits per heavy atom. The van der Waals surface area contributed by atoms with E-state index in [2.05, 4.69) is 15.9 Å². The molecule has 2 fully saturated rings. The van der Waals surface area contributed by atoms with Gasteiger partial charge in [-0.25, -0.2) is 4.79 Å². The largest absolute Gasteiger partial charge is 0.451 e. The van der Waals surface area contributed by atoms with Crippen LogP contribution in [-0.2, 0) is 14.3 Å². The molecule has 25 heavy (non-hydrogen) atoms. The Labute approximate surface area is 154 Å². The molecule has 0 aromatic heterocycles. The minimum absolute atomic E-state index is 0.140. The highest BCUT2D eigenvalue weighted by molar-refractivity contribution is 9.09. The maximum absolute atomic E-state index is 12.4. The van der Waals surface area contributed by atoms with Crippen LogP contribution in [0.1, 0.15) is 11.5 Å². The van der Waals surface area contributed by atoms with Gasteiger partial charge in [-0.05, 0) is 33.6 Å². The van der Waals surface area contributed by atoms with Crippen molar-refractivity contribution >= 4 is 33.5 Å². The number of alkyl halides is 1. The molecule has 3 N–H and O–H groups in total. The normalized spacial score (nSPS) is 36.6.